The summed E-state index contributed by atoms with van der Waals surface area (Å²) in [5.41, 5.74) is 2.52. The van der Waals surface area contributed by atoms with E-state index in [0.717, 1.165) is 48.8 Å². The summed E-state index contributed by atoms with van der Waals surface area (Å²) < 4.78 is 1.91. The van der Waals surface area contributed by atoms with Crippen LogP contribution in [-0.4, -0.2) is 32.9 Å². The van der Waals surface area contributed by atoms with Crippen molar-refractivity contribution in [2.45, 2.75) is 64.1 Å². The molecule has 0 spiro atoms. The highest BCUT2D eigenvalue weighted by Gasteiger charge is 2.49. The molecule has 160 valence electrons. The van der Waals surface area contributed by atoms with E-state index in [1.807, 2.05) is 60.0 Å². The van der Waals surface area contributed by atoms with Gasteiger partial charge in [0.25, 0.3) is 5.91 Å². The fourth-order valence-electron chi connectivity index (χ4n) is 4.97. The summed E-state index contributed by atoms with van der Waals surface area (Å²) in [5.74, 6) is 0.0402. The van der Waals surface area contributed by atoms with Gasteiger partial charge in [-0.1, -0.05) is 44.0 Å². The summed E-state index contributed by atoms with van der Waals surface area (Å²) in [6.07, 6.45) is 5.20. The van der Waals surface area contributed by atoms with E-state index in [2.05, 4.69) is 17.2 Å². The molecule has 0 unspecified atom stereocenters. The summed E-state index contributed by atoms with van der Waals surface area (Å²) in [7, 11) is 0. The SMILES string of the molecule is CCc1ccc(N2C(=O)c3nc4ccccc4n3C[C@]2(C)C(=O)NC2CCCC2)cc1. The van der Waals surface area contributed by atoms with Crippen LogP contribution >= 0.6 is 0 Å². The standard InChI is InChI=1S/C25H28N4O2/c1-3-17-12-14-19(15-13-17)29-23(30)22-27-20-10-6-7-11-21(20)28(22)16-25(29,2)24(31)26-18-8-4-5-9-18/h6-7,10-15,18H,3-5,8-9,16H2,1-2H3,(H,26,31)/t25-/m1/s1. The number of hydrogen-bond donors (Lipinski definition) is 1. The van der Waals surface area contributed by atoms with E-state index in [1.165, 1.54) is 5.56 Å². The minimum atomic E-state index is -1.05. The molecule has 31 heavy (non-hydrogen) atoms. The number of carbonyl (C=O) groups is 2. The minimum absolute atomic E-state index is 0.101. The smallest absolute Gasteiger partial charge is 0.295 e. The number of aromatic nitrogens is 2. The summed E-state index contributed by atoms with van der Waals surface area (Å²) in [5, 5.41) is 3.24. The average molecular weight is 417 g/mol. The normalized spacial score (nSPS) is 21.5. The summed E-state index contributed by atoms with van der Waals surface area (Å²) in [4.78, 5) is 33.7. The zero-order valence-electron chi connectivity index (χ0n) is 18.1. The van der Waals surface area contributed by atoms with Crippen molar-refractivity contribution in [1.29, 1.82) is 0 Å². The van der Waals surface area contributed by atoms with Crippen LogP contribution in [0.25, 0.3) is 11.0 Å². The van der Waals surface area contributed by atoms with E-state index in [9.17, 15) is 9.59 Å². The maximum atomic E-state index is 13.8. The number of imidazole rings is 1. The highest BCUT2D eigenvalue weighted by molar-refractivity contribution is 6.12. The lowest BCUT2D eigenvalue weighted by atomic mass is 9.93. The maximum absolute atomic E-state index is 13.8. The van der Waals surface area contributed by atoms with Crippen molar-refractivity contribution < 1.29 is 9.59 Å². The third kappa shape index (κ3) is 3.21. The number of carbonyl (C=O) groups excluding carboxylic acids is 2. The molecule has 1 saturated carbocycles. The first-order valence-electron chi connectivity index (χ1n) is 11.2. The van der Waals surface area contributed by atoms with Crippen LogP contribution < -0.4 is 10.2 Å². The number of aryl methyl sites for hydroxylation is 1. The quantitative estimate of drug-likeness (QED) is 0.697. The van der Waals surface area contributed by atoms with E-state index < -0.39 is 5.54 Å². The molecular weight excluding hydrogens is 388 g/mol. The number of benzene rings is 2. The first-order valence-corrected chi connectivity index (χ1v) is 11.2. The monoisotopic (exact) mass is 416 g/mol. The van der Waals surface area contributed by atoms with E-state index in [0.29, 0.717) is 12.4 Å². The van der Waals surface area contributed by atoms with Gasteiger partial charge in [0, 0.05) is 11.7 Å². The van der Waals surface area contributed by atoms with Crippen LogP contribution in [0.1, 0.15) is 55.7 Å². The van der Waals surface area contributed by atoms with Crippen LogP contribution in [-0.2, 0) is 17.8 Å². The molecule has 1 aromatic heterocycles. The van der Waals surface area contributed by atoms with Crippen molar-refractivity contribution in [3.8, 4) is 0 Å². The molecule has 1 aliphatic carbocycles. The Labute approximate surface area is 182 Å². The lowest BCUT2D eigenvalue weighted by molar-refractivity contribution is -0.127. The van der Waals surface area contributed by atoms with Gasteiger partial charge >= 0.3 is 0 Å². The number of nitrogens with zero attached hydrogens (tertiary/aromatic N) is 3. The highest BCUT2D eigenvalue weighted by atomic mass is 16.2. The molecule has 2 aliphatic rings. The zero-order chi connectivity index (χ0) is 21.6. The Morgan fingerprint density at radius 2 is 1.84 bits per heavy atom. The molecular formula is C25H28N4O2. The van der Waals surface area contributed by atoms with Crippen LogP contribution in [0.3, 0.4) is 0 Å². The summed E-state index contributed by atoms with van der Waals surface area (Å²) in [6.45, 7) is 4.34. The van der Waals surface area contributed by atoms with Crippen molar-refractivity contribution in [2.75, 3.05) is 4.90 Å². The van der Waals surface area contributed by atoms with Crippen molar-refractivity contribution in [2.24, 2.45) is 0 Å². The molecule has 1 fully saturated rings. The molecule has 0 bridgehead atoms. The van der Waals surface area contributed by atoms with E-state index in [1.54, 1.807) is 4.90 Å². The molecule has 1 N–H and O–H groups in total. The molecule has 2 amide bonds. The third-order valence-corrected chi connectivity index (χ3v) is 6.79. The number of amides is 2. The fourth-order valence-corrected chi connectivity index (χ4v) is 4.97. The molecule has 0 saturated heterocycles. The number of rotatable bonds is 4. The van der Waals surface area contributed by atoms with Gasteiger partial charge < -0.3 is 9.88 Å². The second kappa shape index (κ2) is 7.52. The second-order valence-corrected chi connectivity index (χ2v) is 8.90. The first kappa shape index (κ1) is 19.8. The Morgan fingerprint density at radius 3 is 2.55 bits per heavy atom. The van der Waals surface area contributed by atoms with Crippen LogP contribution in [0.4, 0.5) is 5.69 Å². The van der Waals surface area contributed by atoms with E-state index >= 15 is 0 Å². The van der Waals surface area contributed by atoms with Crippen molar-refractivity contribution in [3.63, 3.8) is 0 Å². The molecule has 6 nitrogen and oxygen atoms in total. The van der Waals surface area contributed by atoms with Gasteiger partial charge in [-0.25, -0.2) is 4.98 Å². The number of para-hydroxylation sites is 2. The summed E-state index contributed by atoms with van der Waals surface area (Å²) in [6, 6.07) is 15.8. The molecule has 2 heterocycles. The highest BCUT2D eigenvalue weighted by Crippen LogP contribution is 2.35. The van der Waals surface area contributed by atoms with Crippen LogP contribution in [0.5, 0.6) is 0 Å². The van der Waals surface area contributed by atoms with Crippen LogP contribution in [0, 0.1) is 0 Å². The predicted octanol–water partition coefficient (Wildman–Crippen LogP) is 4.08. The molecule has 1 aliphatic heterocycles. The number of anilines is 1. The van der Waals surface area contributed by atoms with Gasteiger partial charge in [-0.3, -0.25) is 14.5 Å². The largest absolute Gasteiger partial charge is 0.351 e. The Hall–Kier alpha value is -3.15. The van der Waals surface area contributed by atoms with Crippen molar-refractivity contribution in [1.82, 2.24) is 14.9 Å². The van der Waals surface area contributed by atoms with Gasteiger partial charge in [0.1, 0.15) is 5.54 Å². The van der Waals surface area contributed by atoms with Gasteiger partial charge in [-0.15, -0.1) is 0 Å². The molecule has 3 aromatic rings. The van der Waals surface area contributed by atoms with E-state index in [-0.39, 0.29) is 17.9 Å². The van der Waals surface area contributed by atoms with Gasteiger partial charge in [0.05, 0.1) is 17.6 Å². The van der Waals surface area contributed by atoms with Gasteiger partial charge in [0.2, 0.25) is 11.7 Å². The lowest BCUT2D eigenvalue weighted by Crippen LogP contribution is -2.65. The van der Waals surface area contributed by atoms with E-state index in [4.69, 9.17) is 0 Å². The molecule has 6 heteroatoms. The van der Waals surface area contributed by atoms with Gasteiger partial charge in [-0.2, -0.15) is 0 Å². The average Bonchev–Trinajstić information content (AvgIpc) is 3.42. The summed E-state index contributed by atoms with van der Waals surface area (Å²) >= 11 is 0. The molecule has 1 atom stereocenters. The van der Waals surface area contributed by atoms with Crippen molar-refractivity contribution in [3.05, 3.63) is 59.9 Å². The van der Waals surface area contributed by atoms with Gasteiger partial charge in [0.15, 0.2) is 0 Å². The Bertz CT molecular complexity index is 1140. The van der Waals surface area contributed by atoms with Gasteiger partial charge in [-0.05, 0) is 56.0 Å². The Kier molecular flexibility index (Phi) is 4.80. The van der Waals surface area contributed by atoms with Crippen LogP contribution in [0.15, 0.2) is 48.5 Å². The number of hydrogen-bond acceptors (Lipinski definition) is 3. The number of fused-ring (bicyclic) bond motifs is 3. The van der Waals surface area contributed by atoms with Crippen molar-refractivity contribution >= 4 is 28.5 Å². The Balaban J connectivity index is 1.62. The molecule has 2 aromatic carbocycles. The minimum Gasteiger partial charge on any atom is -0.351 e. The fraction of sp³-hybridized carbons (Fsp3) is 0.400. The third-order valence-electron chi connectivity index (χ3n) is 6.79. The zero-order valence-corrected chi connectivity index (χ0v) is 18.1. The topological polar surface area (TPSA) is 67.2 Å². The first-order chi connectivity index (χ1) is 15.0. The maximum Gasteiger partial charge on any atom is 0.295 e. The molecule has 5 rings (SSSR count). The molecule has 0 radical (unpaired) electrons. The number of nitrogens with one attached hydrogen (secondary N) is 1. The Morgan fingerprint density at radius 1 is 1.13 bits per heavy atom. The second-order valence-electron chi connectivity index (χ2n) is 8.90. The predicted molar refractivity (Wildman–Crippen MR) is 121 cm³/mol. The van der Waals surface area contributed by atoms with Crippen LogP contribution in [0.2, 0.25) is 0 Å². The lowest BCUT2D eigenvalue weighted by Gasteiger charge is -2.43.